The van der Waals surface area contributed by atoms with Gasteiger partial charge < -0.3 is 18.7 Å². The Kier molecular flexibility index (Phi) is 5.24. The van der Waals surface area contributed by atoms with Crippen molar-refractivity contribution in [3.8, 4) is 0 Å². The molecule has 1 atom stereocenters. The fraction of sp³-hybridized carbons (Fsp3) is 0.625. The first-order valence-corrected chi connectivity index (χ1v) is 8.34. The van der Waals surface area contributed by atoms with Gasteiger partial charge >= 0.3 is 0 Å². The molecule has 3 heterocycles. The van der Waals surface area contributed by atoms with E-state index in [0.29, 0.717) is 31.4 Å². The van der Waals surface area contributed by atoms with Crippen molar-refractivity contribution in [3.63, 3.8) is 0 Å². The van der Waals surface area contributed by atoms with Crippen molar-refractivity contribution in [2.75, 3.05) is 13.1 Å². The number of carbonyl (C=O) groups is 1. The van der Waals surface area contributed by atoms with Crippen LogP contribution in [0.4, 0.5) is 0 Å². The van der Waals surface area contributed by atoms with Gasteiger partial charge in [0.15, 0.2) is 5.82 Å². The minimum absolute atomic E-state index is 0.00330. The summed E-state index contributed by atoms with van der Waals surface area (Å²) in [5, 5.41) is 3.85. The van der Waals surface area contributed by atoms with Gasteiger partial charge in [-0.3, -0.25) is 4.79 Å². The van der Waals surface area contributed by atoms with E-state index in [1.54, 1.807) is 6.20 Å². The molecule has 0 aromatic carbocycles. The van der Waals surface area contributed by atoms with Gasteiger partial charge in [-0.1, -0.05) is 12.1 Å². The first kappa shape index (κ1) is 16.6. The Labute approximate surface area is 140 Å². The van der Waals surface area contributed by atoms with E-state index >= 15 is 0 Å². The summed E-state index contributed by atoms with van der Waals surface area (Å²) in [6.07, 6.45) is 6.14. The van der Waals surface area contributed by atoms with E-state index in [1.165, 1.54) is 0 Å². The van der Waals surface area contributed by atoms with Crippen LogP contribution in [0, 0.1) is 6.92 Å². The number of hydrogen-bond donors (Lipinski definition) is 0. The molecule has 0 radical (unpaired) electrons. The van der Waals surface area contributed by atoms with Crippen LogP contribution in [0.15, 0.2) is 16.9 Å². The highest BCUT2D eigenvalue weighted by molar-refractivity contribution is 5.76. The molecule has 1 saturated heterocycles. The molecule has 1 fully saturated rings. The molecule has 8 nitrogen and oxygen atoms in total. The summed E-state index contributed by atoms with van der Waals surface area (Å²) in [5.41, 5.74) is 0. The fourth-order valence-corrected chi connectivity index (χ4v) is 2.80. The molecular weight excluding hydrogens is 310 g/mol. The summed E-state index contributed by atoms with van der Waals surface area (Å²) in [7, 11) is 0. The van der Waals surface area contributed by atoms with Gasteiger partial charge in [0.05, 0.1) is 6.10 Å². The highest BCUT2D eigenvalue weighted by atomic mass is 16.5. The zero-order valence-electron chi connectivity index (χ0n) is 14.1. The van der Waals surface area contributed by atoms with Crippen molar-refractivity contribution in [2.24, 2.45) is 0 Å². The van der Waals surface area contributed by atoms with E-state index in [2.05, 4.69) is 15.1 Å². The molecule has 1 aliphatic heterocycles. The monoisotopic (exact) mass is 333 g/mol. The number of nitrogens with zero attached hydrogens (tertiary/aromatic N) is 5. The summed E-state index contributed by atoms with van der Waals surface area (Å²) < 4.78 is 12.8. The van der Waals surface area contributed by atoms with Gasteiger partial charge in [0, 0.05) is 31.9 Å². The van der Waals surface area contributed by atoms with Crippen molar-refractivity contribution in [3.05, 3.63) is 29.9 Å². The van der Waals surface area contributed by atoms with Crippen LogP contribution in [0.3, 0.4) is 0 Å². The second-order valence-electron chi connectivity index (χ2n) is 5.98. The average molecular weight is 333 g/mol. The molecule has 24 heavy (non-hydrogen) atoms. The molecular formula is C16H23N5O3. The molecule has 0 spiro atoms. The second kappa shape index (κ2) is 7.57. The maximum Gasteiger partial charge on any atom is 0.252 e. The molecule has 2 aromatic rings. The van der Waals surface area contributed by atoms with Gasteiger partial charge in [0.1, 0.15) is 19.0 Å². The number of hydrogen-bond acceptors (Lipinski definition) is 6. The number of piperidine rings is 1. The van der Waals surface area contributed by atoms with Gasteiger partial charge in [-0.25, -0.2) is 4.98 Å². The Balaban J connectivity index is 1.50. The van der Waals surface area contributed by atoms with Crippen LogP contribution in [0.2, 0.25) is 0 Å². The lowest BCUT2D eigenvalue weighted by atomic mass is 10.1. The van der Waals surface area contributed by atoms with Crippen LogP contribution < -0.4 is 0 Å². The van der Waals surface area contributed by atoms with Crippen LogP contribution in [0.25, 0.3) is 0 Å². The number of likely N-dealkylation sites (tertiary alicyclic amines) is 1. The molecule has 130 valence electrons. The van der Waals surface area contributed by atoms with E-state index in [-0.39, 0.29) is 12.0 Å². The molecule has 3 rings (SSSR count). The molecule has 1 amide bonds. The first-order chi connectivity index (χ1) is 11.7. The van der Waals surface area contributed by atoms with Gasteiger partial charge in [-0.05, 0) is 19.8 Å². The Morgan fingerprint density at radius 1 is 1.50 bits per heavy atom. The Morgan fingerprint density at radius 3 is 3.08 bits per heavy atom. The lowest BCUT2D eigenvalue weighted by molar-refractivity contribution is -0.136. The van der Waals surface area contributed by atoms with Gasteiger partial charge in [0.2, 0.25) is 5.91 Å². The van der Waals surface area contributed by atoms with Crippen molar-refractivity contribution in [2.45, 2.75) is 52.4 Å². The molecule has 0 aliphatic carbocycles. The number of amides is 1. The van der Waals surface area contributed by atoms with Crippen LogP contribution in [-0.2, 0) is 29.1 Å². The Morgan fingerprint density at radius 2 is 2.38 bits per heavy atom. The molecule has 2 aromatic heterocycles. The quantitative estimate of drug-likeness (QED) is 0.793. The van der Waals surface area contributed by atoms with E-state index < -0.39 is 0 Å². The standard InChI is InChI=1S/C16H23N5O3/c1-3-14-18-15(24-19-14)11-23-13-5-4-7-21(9-13)16(22)10-20-8-6-17-12(20)2/h6,8,13H,3-5,7,9-11H2,1-2H3/t13-/m1/s1. The minimum atomic E-state index is 0.00330. The second-order valence-corrected chi connectivity index (χ2v) is 5.98. The SMILES string of the molecule is CCc1noc(CO[C@@H]2CCCN(C(=O)Cn3ccnc3C)C2)n1. The Hall–Kier alpha value is -2.22. The lowest BCUT2D eigenvalue weighted by Gasteiger charge is -2.32. The zero-order valence-corrected chi connectivity index (χ0v) is 14.1. The van der Waals surface area contributed by atoms with Gasteiger partial charge in [-0.15, -0.1) is 0 Å². The summed E-state index contributed by atoms with van der Waals surface area (Å²) in [6.45, 7) is 5.85. The summed E-state index contributed by atoms with van der Waals surface area (Å²) >= 11 is 0. The highest BCUT2D eigenvalue weighted by Crippen LogP contribution is 2.15. The molecule has 0 N–H and O–H groups in total. The van der Waals surface area contributed by atoms with Crippen molar-refractivity contribution in [1.82, 2.24) is 24.6 Å². The molecule has 1 aliphatic rings. The van der Waals surface area contributed by atoms with E-state index in [1.807, 2.05) is 29.5 Å². The van der Waals surface area contributed by atoms with E-state index in [9.17, 15) is 4.79 Å². The van der Waals surface area contributed by atoms with Crippen LogP contribution in [-0.4, -0.2) is 49.7 Å². The molecule has 0 bridgehead atoms. The third-order valence-electron chi connectivity index (χ3n) is 4.23. The topological polar surface area (TPSA) is 86.3 Å². The first-order valence-electron chi connectivity index (χ1n) is 8.34. The number of ether oxygens (including phenoxy) is 1. The number of imidazole rings is 1. The molecule has 0 saturated carbocycles. The predicted molar refractivity (Wildman–Crippen MR) is 85.0 cm³/mol. The largest absolute Gasteiger partial charge is 0.367 e. The summed E-state index contributed by atoms with van der Waals surface area (Å²) in [6, 6.07) is 0. The number of carbonyl (C=O) groups excluding carboxylic acids is 1. The van der Waals surface area contributed by atoms with E-state index in [0.717, 1.165) is 31.6 Å². The van der Waals surface area contributed by atoms with Crippen molar-refractivity contribution in [1.29, 1.82) is 0 Å². The van der Waals surface area contributed by atoms with Gasteiger partial charge in [-0.2, -0.15) is 4.98 Å². The van der Waals surface area contributed by atoms with Crippen molar-refractivity contribution >= 4 is 5.91 Å². The fourth-order valence-electron chi connectivity index (χ4n) is 2.80. The summed E-state index contributed by atoms with van der Waals surface area (Å²) in [4.78, 5) is 22.7. The number of rotatable bonds is 6. The molecule has 0 unspecified atom stereocenters. The number of aryl methyl sites for hydroxylation is 2. The van der Waals surface area contributed by atoms with Crippen LogP contribution in [0.5, 0.6) is 0 Å². The number of aromatic nitrogens is 4. The molecule has 8 heteroatoms. The summed E-state index contributed by atoms with van der Waals surface area (Å²) in [5.74, 6) is 2.11. The third-order valence-corrected chi connectivity index (χ3v) is 4.23. The van der Waals surface area contributed by atoms with Crippen LogP contribution in [0.1, 0.15) is 37.3 Å². The van der Waals surface area contributed by atoms with Gasteiger partial charge in [0.25, 0.3) is 5.89 Å². The normalized spacial score (nSPS) is 18.1. The maximum absolute atomic E-state index is 12.5. The lowest BCUT2D eigenvalue weighted by Crippen LogP contribution is -2.44. The minimum Gasteiger partial charge on any atom is -0.367 e. The average Bonchev–Trinajstić information content (AvgIpc) is 3.22. The van der Waals surface area contributed by atoms with E-state index in [4.69, 9.17) is 9.26 Å². The highest BCUT2D eigenvalue weighted by Gasteiger charge is 2.25. The zero-order chi connectivity index (χ0) is 16.9. The Bertz CT molecular complexity index is 681. The predicted octanol–water partition coefficient (Wildman–Crippen LogP) is 1.34. The van der Waals surface area contributed by atoms with Crippen molar-refractivity contribution < 1.29 is 14.1 Å². The van der Waals surface area contributed by atoms with Crippen LogP contribution >= 0.6 is 0 Å². The third kappa shape index (κ3) is 4.00. The maximum atomic E-state index is 12.5. The smallest absolute Gasteiger partial charge is 0.252 e.